The van der Waals surface area contributed by atoms with Gasteiger partial charge < -0.3 is 5.32 Å². The molecule has 0 fully saturated rings. The summed E-state index contributed by atoms with van der Waals surface area (Å²) >= 11 is 1.01. The van der Waals surface area contributed by atoms with Crippen molar-refractivity contribution in [2.45, 2.75) is 45.7 Å². The Morgan fingerprint density at radius 1 is 1.13 bits per heavy atom. The molecule has 2 aromatic carbocycles. The molecule has 0 radical (unpaired) electrons. The molecule has 1 aromatic heterocycles. The summed E-state index contributed by atoms with van der Waals surface area (Å²) in [6.07, 6.45) is 0.833. The lowest BCUT2D eigenvalue weighted by Gasteiger charge is -2.33. The molecule has 0 spiro atoms. The van der Waals surface area contributed by atoms with Crippen LogP contribution in [0.2, 0.25) is 0 Å². The summed E-state index contributed by atoms with van der Waals surface area (Å²) in [6, 6.07) is 12.2. The number of carbonyl (C=O) groups excluding carboxylic acids is 2. The fourth-order valence-electron chi connectivity index (χ4n) is 3.19. The molecule has 1 N–H and O–H groups in total. The summed E-state index contributed by atoms with van der Waals surface area (Å²) in [4.78, 5) is 28.1. The molecule has 0 aliphatic rings. The average molecular weight is 441 g/mol. The maximum Gasteiger partial charge on any atom is 0.280 e. The average Bonchev–Trinajstić information content (AvgIpc) is 3.26. The Hall–Kier alpha value is -3.13. The Morgan fingerprint density at radius 3 is 2.35 bits per heavy atom. The van der Waals surface area contributed by atoms with E-state index in [2.05, 4.69) is 14.9 Å². The van der Waals surface area contributed by atoms with Crippen LogP contribution in [0.15, 0.2) is 53.9 Å². The number of halogens is 1. The lowest BCUT2D eigenvalue weighted by molar-refractivity contribution is -0.123. The number of hydrogen-bond donors (Lipinski definition) is 1. The molecule has 2 amide bonds. The van der Waals surface area contributed by atoms with E-state index in [0.717, 1.165) is 28.4 Å². The van der Waals surface area contributed by atoms with Crippen molar-refractivity contribution in [3.63, 3.8) is 0 Å². The number of anilines is 1. The molecule has 0 bridgehead atoms. The summed E-state index contributed by atoms with van der Waals surface area (Å²) in [5.41, 5.74) is 1.15. The smallest absolute Gasteiger partial charge is 0.280 e. The fraction of sp³-hybridized carbons (Fsp3) is 0.304. The second-order valence-corrected chi connectivity index (χ2v) is 8.76. The Balaban J connectivity index is 2.19. The summed E-state index contributed by atoms with van der Waals surface area (Å²) in [6.45, 7) is 7.58. The normalized spacial score (nSPS) is 12.3. The molecular weight excluding hydrogens is 415 g/mol. The third kappa shape index (κ3) is 5.32. The monoisotopic (exact) mass is 440 g/mol. The Labute approximate surface area is 185 Å². The minimum Gasteiger partial charge on any atom is -0.349 e. The number of aryl methyl sites for hydroxylation is 1. The third-order valence-electron chi connectivity index (χ3n) is 4.62. The van der Waals surface area contributed by atoms with Gasteiger partial charge in [-0.1, -0.05) is 47.8 Å². The van der Waals surface area contributed by atoms with Crippen LogP contribution >= 0.6 is 11.5 Å². The SMILES string of the molecule is CCc1ccc([C@H](C(=O)NC(C)(C)C)N(C(=O)c2csnn2)c2ccccc2F)cc1. The molecule has 3 rings (SSSR count). The Morgan fingerprint density at radius 2 is 1.81 bits per heavy atom. The molecule has 1 atom stereocenters. The lowest BCUT2D eigenvalue weighted by Crippen LogP contribution is -2.49. The van der Waals surface area contributed by atoms with E-state index >= 15 is 0 Å². The summed E-state index contributed by atoms with van der Waals surface area (Å²) in [7, 11) is 0. The molecule has 0 saturated heterocycles. The topological polar surface area (TPSA) is 75.2 Å². The first kappa shape index (κ1) is 22.6. The van der Waals surface area contributed by atoms with Gasteiger partial charge in [0.2, 0.25) is 5.91 Å². The number of para-hydroxylation sites is 1. The predicted molar refractivity (Wildman–Crippen MR) is 120 cm³/mol. The van der Waals surface area contributed by atoms with E-state index in [4.69, 9.17) is 0 Å². The maximum atomic E-state index is 14.9. The van der Waals surface area contributed by atoms with E-state index < -0.39 is 29.2 Å². The number of aromatic nitrogens is 2. The molecule has 162 valence electrons. The van der Waals surface area contributed by atoms with Crippen molar-refractivity contribution in [1.29, 1.82) is 0 Å². The van der Waals surface area contributed by atoms with Gasteiger partial charge in [0.15, 0.2) is 5.69 Å². The summed E-state index contributed by atoms with van der Waals surface area (Å²) < 4.78 is 18.6. The molecule has 1 heterocycles. The lowest BCUT2D eigenvalue weighted by atomic mass is 9.99. The van der Waals surface area contributed by atoms with Crippen molar-refractivity contribution in [3.8, 4) is 0 Å². The number of carbonyl (C=O) groups is 2. The van der Waals surface area contributed by atoms with Gasteiger partial charge in [0.1, 0.15) is 11.9 Å². The molecule has 31 heavy (non-hydrogen) atoms. The highest BCUT2D eigenvalue weighted by Gasteiger charge is 2.36. The highest BCUT2D eigenvalue weighted by atomic mass is 32.1. The molecule has 0 unspecified atom stereocenters. The zero-order chi connectivity index (χ0) is 22.6. The van der Waals surface area contributed by atoms with Gasteiger partial charge in [0, 0.05) is 10.9 Å². The standard InChI is InChI=1S/C23H25FN4O2S/c1-5-15-10-12-16(13-11-15)20(21(29)25-23(2,3)4)28(19-9-7-6-8-17(19)24)22(30)18-14-31-27-26-18/h6-14,20H,5H2,1-4H3,(H,25,29)/t20-/m1/s1. The van der Waals surface area contributed by atoms with Crippen LogP contribution in [0.1, 0.15) is 55.4 Å². The maximum absolute atomic E-state index is 14.9. The van der Waals surface area contributed by atoms with Gasteiger partial charge in [0.25, 0.3) is 5.91 Å². The van der Waals surface area contributed by atoms with Crippen LogP contribution in [-0.4, -0.2) is 26.9 Å². The van der Waals surface area contributed by atoms with Crippen LogP contribution in [0.25, 0.3) is 0 Å². The highest BCUT2D eigenvalue weighted by Crippen LogP contribution is 2.32. The van der Waals surface area contributed by atoms with E-state index in [1.165, 1.54) is 23.6 Å². The molecule has 8 heteroatoms. The van der Waals surface area contributed by atoms with E-state index in [1.807, 2.05) is 39.8 Å². The van der Waals surface area contributed by atoms with E-state index in [0.29, 0.717) is 5.56 Å². The molecule has 0 saturated carbocycles. The number of hydrogen-bond acceptors (Lipinski definition) is 5. The first-order valence-electron chi connectivity index (χ1n) is 9.97. The van der Waals surface area contributed by atoms with Gasteiger partial charge in [-0.15, -0.1) is 5.10 Å². The van der Waals surface area contributed by atoms with Gasteiger partial charge in [-0.2, -0.15) is 0 Å². The Bertz CT molecular complexity index is 1050. The van der Waals surface area contributed by atoms with Crippen molar-refractivity contribution in [2.24, 2.45) is 0 Å². The van der Waals surface area contributed by atoms with Crippen molar-refractivity contribution < 1.29 is 14.0 Å². The van der Waals surface area contributed by atoms with Crippen LogP contribution < -0.4 is 10.2 Å². The number of nitrogens with zero attached hydrogens (tertiary/aromatic N) is 3. The fourth-order valence-corrected chi connectivity index (χ4v) is 3.62. The largest absolute Gasteiger partial charge is 0.349 e. The molecular formula is C23H25FN4O2S. The Kier molecular flexibility index (Phi) is 6.80. The van der Waals surface area contributed by atoms with Gasteiger partial charge in [-0.3, -0.25) is 14.5 Å². The van der Waals surface area contributed by atoms with Crippen molar-refractivity contribution in [2.75, 3.05) is 4.90 Å². The van der Waals surface area contributed by atoms with Gasteiger partial charge in [-0.05, 0) is 62.0 Å². The zero-order valence-corrected chi connectivity index (χ0v) is 18.7. The predicted octanol–water partition coefficient (Wildman–Crippen LogP) is 4.54. The number of amides is 2. The minimum absolute atomic E-state index is 0.00544. The number of benzene rings is 2. The van der Waals surface area contributed by atoms with Crippen LogP contribution in [0.5, 0.6) is 0 Å². The first-order chi connectivity index (χ1) is 14.7. The van der Waals surface area contributed by atoms with Crippen LogP contribution in [0.3, 0.4) is 0 Å². The number of rotatable bonds is 6. The first-order valence-corrected chi connectivity index (χ1v) is 10.8. The van der Waals surface area contributed by atoms with Crippen LogP contribution in [0, 0.1) is 5.82 Å². The second kappa shape index (κ2) is 9.34. The van der Waals surface area contributed by atoms with Crippen LogP contribution in [0.4, 0.5) is 10.1 Å². The van der Waals surface area contributed by atoms with Gasteiger partial charge in [-0.25, -0.2) is 4.39 Å². The zero-order valence-electron chi connectivity index (χ0n) is 17.9. The molecule has 0 aliphatic carbocycles. The van der Waals surface area contributed by atoms with E-state index in [-0.39, 0.29) is 11.4 Å². The van der Waals surface area contributed by atoms with Gasteiger partial charge in [0.05, 0.1) is 5.69 Å². The third-order valence-corrected chi connectivity index (χ3v) is 5.12. The number of nitrogens with one attached hydrogen (secondary N) is 1. The van der Waals surface area contributed by atoms with E-state index in [9.17, 15) is 14.0 Å². The molecule has 3 aromatic rings. The quantitative estimate of drug-likeness (QED) is 0.611. The van der Waals surface area contributed by atoms with E-state index in [1.54, 1.807) is 18.2 Å². The van der Waals surface area contributed by atoms with Gasteiger partial charge >= 0.3 is 0 Å². The highest BCUT2D eigenvalue weighted by molar-refractivity contribution is 7.03. The molecule has 6 nitrogen and oxygen atoms in total. The minimum atomic E-state index is -1.10. The van der Waals surface area contributed by atoms with Crippen molar-refractivity contribution >= 4 is 29.0 Å². The second-order valence-electron chi connectivity index (χ2n) is 8.15. The molecule has 0 aliphatic heterocycles. The van der Waals surface area contributed by atoms with Crippen LogP contribution in [-0.2, 0) is 11.2 Å². The summed E-state index contributed by atoms with van der Waals surface area (Å²) in [5.74, 6) is -1.64. The summed E-state index contributed by atoms with van der Waals surface area (Å²) in [5, 5.41) is 8.26. The van der Waals surface area contributed by atoms with Crippen molar-refractivity contribution in [1.82, 2.24) is 14.9 Å². The van der Waals surface area contributed by atoms with Crippen molar-refractivity contribution in [3.05, 3.63) is 76.5 Å².